The number of aliphatic hydroxyl groups excluding tert-OH is 1. The summed E-state index contributed by atoms with van der Waals surface area (Å²) in [6.45, 7) is 2.25. The zero-order chi connectivity index (χ0) is 36.0. The summed E-state index contributed by atoms with van der Waals surface area (Å²) in [5.74, 6) is 0.710. The molecule has 2 N–H and O–H groups in total. The average molecular weight is 737 g/mol. The molecule has 1 fully saturated rings. The Bertz CT molecular complexity index is 2060. The molecule has 7 rings (SSSR count). The van der Waals surface area contributed by atoms with Gasteiger partial charge in [0.25, 0.3) is 0 Å². The number of nitrogens with zero attached hydrogens (tertiary/aromatic N) is 4. The van der Waals surface area contributed by atoms with Gasteiger partial charge in [-0.15, -0.1) is 0 Å². The van der Waals surface area contributed by atoms with Crippen LogP contribution in [0.4, 0.5) is 0 Å². The van der Waals surface area contributed by atoms with Crippen molar-refractivity contribution in [3.05, 3.63) is 129 Å². The number of aliphatic imine (C=N–C) groups is 1. The molecule has 2 aromatic heterocycles. The van der Waals surface area contributed by atoms with E-state index in [-0.39, 0.29) is 19.3 Å². The number of likely N-dealkylation sites (tertiary alicyclic amines) is 1. The summed E-state index contributed by atoms with van der Waals surface area (Å²) in [4.78, 5) is 15.6. The van der Waals surface area contributed by atoms with Crippen LogP contribution in [0.5, 0.6) is 11.8 Å². The third-order valence-corrected chi connectivity index (χ3v) is 10.6. The molecule has 1 aliphatic heterocycles. The van der Waals surface area contributed by atoms with E-state index in [1.54, 1.807) is 25.7 Å². The number of hydrogen-bond acceptors (Lipinski definition) is 8. The Balaban J connectivity index is 1.13. The summed E-state index contributed by atoms with van der Waals surface area (Å²) in [5.41, 5.74) is 10.4. The maximum absolute atomic E-state index is 9.32. The molecule has 1 aliphatic carbocycles. The summed E-state index contributed by atoms with van der Waals surface area (Å²) in [6, 6.07) is 25.8. The van der Waals surface area contributed by atoms with E-state index >= 15 is 0 Å². The van der Waals surface area contributed by atoms with Gasteiger partial charge in [-0.05, 0) is 79.2 Å². The lowest BCUT2D eigenvalue weighted by Crippen LogP contribution is -2.18. The van der Waals surface area contributed by atoms with Crippen LogP contribution in [-0.2, 0) is 19.6 Å². The van der Waals surface area contributed by atoms with Crippen LogP contribution in [0.15, 0.2) is 90.2 Å². The molecule has 3 heterocycles. The lowest BCUT2D eigenvalue weighted by atomic mass is 9.93. The molecule has 268 valence electrons. The quantitative estimate of drug-likeness (QED) is 0.0924. The second-order valence-electron chi connectivity index (χ2n) is 13.4. The summed E-state index contributed by atoms with van der Waals surface area (Å²) in [6.07, 6.45) is 9.04. The van der Waals surface area contributed by atoms with Gasteiger partial charge in [0.2, 0.25) is 11.8 Å². The molecule has 8 nitrogen and oxygen atoms in total. The zero-order valence-electron chi connectivity index (χ0n) is 29.5. The zero-order valence-corrected chi connectivity index (χ0v) is 31.0. The lowest BCUT2D eigenvalue weighted by Gasteiger charge is -2.20. The summed E-state index contributed by atoms with van der Waals surface area (Å²) in [5, 5.41) is 13.6. The highest BCUT2D eigenvalue weighted by molar-refractivity contribution is 6.36. The first-order valence-electron chi connectivity index (χ1n) is 17.8. The highest BCUT2D eigenvalue weighted by Crippen LogP contribution is 2.45. The highest BCUT2D eigenvalue weighted by atomic mass is 35.5. The smallest absolute Gasteiger partial charge is 0.236 e. The summed E-state index contributed by atoms with van der Waals surface area (Å²) in [7, 11) is 3.93. The van der Waals surface area contributed by atoms with Crippen molar-refractivity contribution in [3.8, 4) is 34.0 Å². The molecule has 0 spiro atoms. The van der Waals surface area contributed by atoms with E-state index in [2.05, 4.69) is 87.9 Å². The van der Waals surface area contributed by atoms with Gasteiger partial charge in [-0.2, -0.15) is 4.98 Å². The predicted molar refractivity (Wildman–Crippen MR) is 209 cm³/mol. The first kappa shape index (κ1) is 36.1. The summed E-state index contributed by atoms with van der Waals surface area (Å²) < 4.78 is 12.8. The predicted octanol–water partition coefficient (Wildman–Crippen LogP) is 8.66. The third-order valence-electron chi connectivity index (χ3n) is 9.94. The number of benzene rings is 3. The van der Waals surface area contributed by atoms with Crippen LogP contribution in [-0.4, -0.2) is 60.0 Å². The Morgan fingerprint density at radius 2 is 1.79 bits per heavy atom. The van der Waals surface area contributed by atoms with Crippen LogP contribution >= 0.6 is 23.2 Å². The van der Waals surface area contributed by atoms with Crippen LogP contribution in [0, 0.1) is 0 Å². The second-order valence-corrected chi connectivity index (χ2v) is 14.2. The van der Waals surface area contributed by atoms with Gasteiger partial charge in [-0.3, -0.25) is 14.9 Å². The van der Waals surface area contributed by atoms with Crippen molar-refractivity contribution in [2.45, 2.75) is 51.0 Å². The van der Waals surface area contributed by atoms with Gasteiger partial charge in [-0.1, -0.05) is 83.9 Å². The van der Waals surface area contributed by atoms with Crippen molar-refractivity contribution in [3.63, 3.8) is 0 Å². The Labute approximate surface area is 315 Å². The number of nitrogens with one attached hydrogen (secondary N) is 1. The molecular weight excluding hydrogens is 693 g/mol. The minimum atomic E-state index is -0.247. The number of halogens is 2. The molecule has 10 heteroatoms. The minimum Gasteiger partial charge on any atom is -0.472 e. The van der Waals surface area contributed by atoms with Crippen LogP contribution < -0.4 is 14.8 Å². The molecule has 1 saturated heterocycles. The first-order chi connectivity index (χ1) is 25.4. The van der Waals surface area contributed by atoms with Gasteiger partial charge in [0.05, 0.1) is 11.6 Å². The van der Waals surface area contributed by atoms with Gasteiger partial charge in [0.15, 0.2) is 0 Å². The van der Waals surface area contributed by atoms with E-state index in [1.165, 1.54) is 24.0 Å². The molecule has 52 heavy (non-hydrogen) atoms. The van der Waals surface area contributed by atoms with Crippen molar-refractivity contribution in [2.24, 2.45) is 4.99 Å². The molecule has 0 radical (unpaired) electrons. The molecule has 0 amide bonds. The van der Waals surface area contributed by atoms with Crippen LogP contribution in [0.2, 0.25) is 10.0 Å². The number of fused-ring (bicyclic) bond motifs is 1. The van der Waals surface area contributed by atoms with Crippen molar-refractivity contribution in [2.75, 3.05) is 33.8 Å². The SMILES string of the molecule is CN=Cc1cncc(COc2nc(O[C@H]3CCc4c(-c5cccc(-c6ccc(C7CCCN7C)cc6)c5Cl)cccc43)c(Cl)cc2CNCCO)c1. The molecular formula is C42H43Cl2N5O3. The standard InChI is InChI=1S/C42H43Cl2N5O3/c1-45-22-27-20-28(24-47-23-27)26-51-41-31(25-46-17-19-50)21-37(43)42(48-41)52-39-16-15-34-33(7-4-8-35(34)39)36-9-3-6-32(40(36)44)29-11-13-30(14-12-29)38-10-5-18-49(38)2/h3-4,6-9,11-14,20-24,38-39,46,50H,5,10,15-19,25-26H2,1-2H3/t38?,39-/m0/s1. The fraction of sp³-hybridized carbons (Fsp3) is 0.310. The van der Waals surface area contributed by atoms with Crippen LogP contribution in [0.3, 0.4) is 0 Å². The minimum absolute atomic E-state index is 0.0139. The molecule has 5 aromatic rings. The molecule has 2 atom stereocenters. The molecule has 1 unspecified atom stereocenters. The van der Waals surface area contributed by atoms with E-state index < -0.39 is 0 Å². The van der Waals surface area contributed by atoms with Crippen LogP contribution in [0.1, 0.15) is 64.8 Å². The Kier molecular flexibility index (Phi) is 11.5. The van der Waals surface area contributed by atoms with E-state index in [9.17, 15) is 5.11 Å². The van der Waals surface area contributed by atoms with Gasteiger partial charge in [0, 0.05) is 72.6 Å². The van der Waals surface area contributed by atoms with Crippen LogP contribution in [0.25, 0.3) is 22.3 Å². The number of aromatic nitrogens is 2. The van der Waals surface area contributed by atoms with Crippen molar-refractivity contribution < 1.29 is 14.6 Å². The largest absolute Gasteiger partial charge is 0.472 e. The Morgan fingerprint density at radius 3 is 2.58 bits per heavy atom. The highest BCUT2D eigenvalue weighted by Gasteiger charge is 2.29. The van der Waals surface area contributed by atoms with Gasteiger partial charge < -0.3 is 19.9 Å². The monoisotopic (exact) mass is 735 g/mol. The van der Waals surface area contributed by atoms with E-state index in [1.807, 2.05) is 12.1 Å². The number of aliphatic hydroxyl groups is 1. The lowest BCUT2D eigenvalue weighted by molar-refractivity contribution is 0.194. The Morgan fingerprint density at radius 1 is 0.981 bits per heavy atom. The fourth-order valence-corrected chi connectivity index (χ4v) is 7.95. The fourth-order valence-electron chi connectivity index (χ4n) is 7.39. The van der Waals surface area contributed by atoms with E-state index in [4.69, 9.17) is 37.7 Å². The van der Waals surface area contributed by atoms with Crippen molar-refractivity contribution in [1.29, 1.82) is 0 Å². The first-order valence-corrected chi connectivity index (χ1v) is 18.6. The number of ether oxygens (including phenoxy) is 2. The van der Waals surface area contributed by atoms with Gasteiger partial charge >= 0.3 is 0 Å². The molecule has 2 aliphatic rings. The second kappa shape index (κ2) is 16.6. The number of hydrogen-bond donors (Lipinski definition) is 2. The maximum atomic E-state index is 9.32. The van der Waals surface area contributed by atoms with Gasteiger partial charge in [0.1, 0.15) is 17.7 Å². The topological polar surface area (TPSA) is 92.1 Å². The Hall–Kier alpha value is -4.31. The van der Waals surface area contributed by atoms with E-state index in [0.717, 1.165) is 68.9 Å². The molecule has 3 aromatic carbocycles. The number of pyridine rings is 2. The average Bonchev–Trinajstić information content (AvgIpc) is 3.78. The van der Waals surface area contributed by atoms with Crippen molar-refractivity contribution in [1.82, 2.24) is 20.2 Å². The number of rotatable bonds is 13. The normalized spacial score (nSPS) is 17.2. The summed E-state index contributed by atoms with van der Waals surface area (Å²) >= 11 is 14.0. The molecule has 0 bridgehead atoms. The van der Waals surface area contributed by atoms with Gasteiger partial charge in [-0.25, -0.2) is 0 Å². The van der Waals surface area contributed by atoms with E-state index in [0.29, 0.717) is 35.9 Å². The third kappa shape index (κ3) is 7.87. The molecule has 0 saturated carbocycles. The maximum Gasteiger partial charge on any atom is 0.236 e. The van der Waals surface area contributed by atoms with Crippen molar-refractivity contribution >= 4 is 29.4 Å².